The molecular weight excluding hydrogens is 334 g/mol. The van der Waals surface area contributed by atoms with Crippen LogP contribution in [0.4, 0.5) is 0 Å². The van der Waals surface area contributed by atoms with Gasteiger partial charge in [-0.2, -0.15) is 0 Å². The lowest BCUT2D eigenvalue weighted by molar-refractivity contribution is 0.0689. The van der Waals surface area contributed by atoms with Crippen molar-refractivity contribution in [3.63, 3.8) is 0 Å². The molecule has 0 heterocycles. The van der Waals surface area contributed by atoms with E-state index in [1.165, 1.54) is 5.56 Å². The van der Waals surface area contributed by atoms with Crippen LogP contribution in [0.5, 0.6) is 0 Å². The van der Waals surface area contributed by atoms with Crippen molar-refractivity contribution in [1.29, 1.82) is 0 Å². The van der Waals surface area contributed by atoms with Crippen LogP contribution in [0.3, 0.4) is 0 Å². The molecule has 0 radical (unpaired) electrons. The summed E-state index contributed by atoms with van der Waals surface area (Å²) in [7, 11) is 1.90. The van der Waals surface area contributed by atoms with Crippen molar-refractivity contribution < 1.29 is 9.90 Å². The quantitative estimate of drug-likeness (QED) is 0.866. The van der Waals surface area contributed by atoms with E-state index >= 15 is 0 Å². The van der Waals surface area contributed by atoms with Gasteiger partial charge in [-0.1, -0.05) is 35.9 Å². The summed E-state index contributed by atoms with van der Waals surface area (Å²) in [6.07, 6.45) is 4.20. The third-order valence-corrected chi connectivity index (χ3v) is 5.54. The molecule has 0 atom stereocenters. The van der Waals surface area contributed by atoms with Gasteiger partial charge in [0.2, 0.25) is 0 Å². The van der Waals surface area contributed by atoms with E-state index in [9.17, 15) is 4.79 Å². The minimum absolute atomic E-state index is 0.0624. The summed E-state index contributed by atoms with van der Waals surface area (Å²) in [5.74, 6) is 0.607. The number of aliphatic hydroxyl groups excluding tert-OH is 1. The minimum Gasteiger partial charge on any atom is -0.392 e. The van der Waals surface area contributed by atoms with Crippen molar-refractivity contribution in [3.05, 3.63) is 70.2 Å². The molecule has 1 fully saturated rings. The van der Waals surface area contributed by atoms with Crippen LogP contribution in [0, 0.1) is 0 Å². The van der Waals surface area contributed by atoms with E-state index in [0.717, 1.165) is 31.2 Å². The fraction of sp³-hybridized carbons (Fsp3) is 0.381. The van der Waals surface area contributed by atoms with Crippen molar-refractivity contribution in [2.24, 2.45) is 0 Å². The second-order valence-electron chi connectivity index (χ2n) is 6.83. The van der Waals surface area contributed by atoms with Crippen molar-refractivity contribution in [2.75, 3.05) is 7.05 Å². The number of carbonyl (C=O) groups excluding carboxylic acids is 1. The van der Waals surface area contributed by atoms with Gasteiger partial charge in [0.1, 0.15) is 0 Å². The van der Waals surface area contributed by atoms with Gasteiger partial charge < -0.3 is 10.0 Å². The van der Waals surface area contributed by atoms with Gasteiger partial charge in [-0.05, 0) is 67.0 Å². The first-order valence-electron chi connectivity index (χ1n) is 8.81. The largest absolute Gasteiger partial charge is 0.392 e. The number of nitrogens with zero attached hydrogens (tertiary/aromatic N) is 1. The Kier molecular flexibility index (Phi) is 5.77. The van der Waals surface area contributed by atoms with Gasteiger partial charge in [-0.3, -0.25) is 4.79 Å². The molecule has 1 aliphatic carbocycles. The SMILES string of the molecule is CN(C(=O)c1ccc(Cl)cc1)C1CCC(c2ccc(CO)cc2)CC1. The standard InChI is InChI=1S/C21H24ClNO2/c1-23(21(25)18-6-10-19(22)11-7-18)20-12-8-17(9-13-20)16-4-2-15(14-24)3-5-16/h2-7,10-11,17,20,24H,8-9,12-14H2,1H3. The second-order valence-corrected chi connectivity index (χ2v) is 7.26. The number of benzene rings is 2. The number of carbonyl (C=O) groups is 1. The maximum Gasteiger partial charge on any atom is 0.253 e. The average molecular weight is 358 g/mol. The smallest absolute Gasteiger partial charge is 0.253 e. The molecule has 1 amide bonds. The molecule has 0 saturated heterocycles. The Hall–Kier alpha value is -1.84. The lowest BCUT2D eigenvalue weighted by Gasteiger charge is -2.35. The third-order valence-electron chi connectivity index (χ3n) is 5.29. The highest BCUT2D eigenvalue weighted by Crippen LogP contribution is 2.35. The maximum absolute atomic E-state index is 12.6. The van der Waals surface area contributed by atoms with Crippen LogP contribution in [0.2, 0.25) is 5.02 Å². The molecule has 3 nitrogen and oxygen atoms in total. The average Bonchev–Trinajstić information content (AvgIpc) is 2.67. The molecule has 1 saturated carbocycles. The second kappa shape index (κ2) is 8.03. The summed E-state index contributed by atoms with van der Waals surface area (Å²) < 4.78 is 0. The summed E-state index contributed by atoms with van der Waals surface area (Å²) >= 11 is 5.90. The molecule has 0 bridgehead atoms. The van der Waals surface area contributed by atoms with Gasteiger partial charge in [0, 0.05) is 23.7 Å². The normalized spacial score (nSPS) is 20.3. The molecule has 0 aromatic heterocycles. The topological polar surface area (TPSA) is 40.5 Å². The van der Waals surface area contributed by atoms with Crippen LogP contribution in [0.15, 0.2) is 48.5 Å². The Morgan fingerprint density at radius 1 is 1.04 bits per heavy atom. The number of hydrogen-bond acceptors (Lipinski definition) is 2. The monoisotopic (exact) mass is 357 g/mol. The molecule has 0 aliphatic heterocycles. The Morgan fingerprint density at radius 2 is 1.64 bits per heavy atom. The first-order valence-corrected chi connectivity index (χ1v) is 9.18. The van der Waals surface area contributed by atoms with Crippen LogP contribution in [0.25, 0.3) is 0 Å². The number of rotatable bonds is 4. The fourth-order valence-corrected chi connectivity index (χ4v) is 3.78. The molecule has 25 heavy (non-hydrogen) atoms. The molecule has 1 N–H and O–H groups in total. The predicted octanol–water partition coefficient (Wildman–Crippen LogP) is 4.63. The van der Waals surface area contributed by atoms with Crippen molar-refractivity contribution in [2.45, 2.75) is 44.2 Å². The molecule has 2 aromatic carbocycles. The molecule has 2 aromatic rings. The van der Waals surface area contributed by atoms with E-state index in [4.69, 9.17) is 16.7 Å². The molecule has 4 heteroatoms. The van der Waals surface area contributed by atoms with Gasteiger partial charge in [0.25, 0.3) is 5.91 Å². The van der Waals surface area contributed by atoms with Crippen molar-refractivity contribution in [3.8, 4) is 0 Å². The summed E-state index contributed by atoms with van der Waals surface area (Å²) in [5, 5.41) is 9.80. The third kappa shape index (κ3) is 4.23. The maximum atomic E-state index is 12.6. The van der Waals surface area contributed by atoms with Gasteiger partial charge in [0.05, 0.1) is 6.61 Å². The zero-order chi connectivity index (χ0) is 17.8. The summed E-state index contributed by atoms with van der Waals surface area (Å²) in [6, 6.07) is 15.6. The lowest BCUT2D eigenvalue weighted by Crippen LogP contribution is -2.39. The predicted molar refractivity (Wildman–Crippen MR) is 101 cm³/mol. The summed E-state index contributed by atoms with van der Waals surface area (Å²) in [6.45, 7) is 0.0879. The number of amides is 1. The number of halogens is 1. The molecule has 0 spiro atoms. The van der Waals surface area contributed by atoms with Crippen molar-refractivity contribution in [1.82, 2.24) is 4.90 Å². The molecule has 1 aliphatic rings. The van der Waals surface area contributed by atoms with E-state index in [-0.39, 0.29) is 18.6 Å². The van der Waals surface area contributed by atoms with E-state index in [1.807, 2.05) is 24.1 Å². The highest BCUT2D eigenvalue weighted by molar-refractivity contribution is 6.30. The van der Waals surface area contributed by atoms with Crippen LogP contribution >= 0.6 is 11.6 Å². The highest BCUT2D eigenvalue weighted by atomic mass is 35.5. The zero-order valence-corrected chi connectivity index (χ0v) is 15.2. The Morgan fingerprint density at radius 3 is 2.20 bits per heavy atom. The molecule has 132 valence electrons. The molecule has 3 rings (SSSR count). The van der Waals surface area contributed by atoms with Crippen LogP contribution in [-0.2, 0) is 6.61 Å². The zero-order valence-electron chi connectivity index (χ0n) is 14.5. The van der Waals surface area contributed by atoms with Crippen molar-refractivity contribution >= 4 is 17.5 Å². The first-order chi connectivity index (χ1) is 12.1. The Bertz CT molecular complexity index is 704. The number of hydrogen-bond donors (Lipinski definition) is 1. The van der Waals surface area contributed by atoms with E-state index in [0.29, 0.717) is 16.5 Å². The van der Waals surface area contributed by atoms with Gasteiger partial charge in [0.15, 0.2) is 0 Å². The van der Waals surface area contributed by atoms with E-state index in [2.05, 4.69) is 12.1 Å². The van der Waals surface area contributed by atoms with Gasteiger partial charge in [-0.15, -0.1) is 0 Å². The molecule has 0 unspecified atom stereocenters. The lowest BCUT2D eigenvalue weighted by atomic mass is 9.81. The summed E-state index contributed by atoms with van der Waals surface area (Å²) in [5.41, 5.74) is 2.97. The Balaban J connectivity index is 1.59. The number of aliphatic hydroxyl groups is 1. The van der Waals surface area contributed by atoms with Crippen LogP contribution < -0.4 is 0 Å². The first kappa shape index (κ1) is 18.0. The van der Waals surface area contributed by atoms with Gasteiger partial charge >= 0.3 is 0 Å². The van der Waals surface area contributed by atoms with Crippen LogP contribution in [-0.4, -0.2) is 29.0 Å². The minimum atomic E-state index is 0.0624. The van der Waals surface area contributed by atoms with E-state index in [1.54, 1.807) is 24.3 Å². The highest BCUT2D eigenvalue weighted by Gasteiger charge is 2.27. The van der Waals surface area contributed by atoms with Crippen LogP contribution in [0.1, 0.15) is 53.1 Å². The molecular formula is C21H24ClNO2. The summed E-state index contributed by atoms with van der Waals surface area (Å²) in [4.78, 5) is 14.5. The van der Waals surface area contributed by atoms with E-state index < -0.39 is 0 Å². The Labute approximate surface area is 154 Å². The van der Waals surface area contributed by atoms with Gasteiger partial charge in [-0.25, -0.2) is 0 Å². The fourth-order valence-electron chi connectivity index (χ4n) is 3.65.